The van der Waals surface area contributed by atoms with Crippen LogP contribution < -0.4 is 10.1 Å². The molecule has 1 N–H and O–H groups in total. The zero-order valence-corrected chi connectivity index (χ0v) is 27.5. The standard InChI is InChI=1S/C38H42ClFN6O/c39-35-24-32(9-11-37(35)47-26-28-6-4-7-31(40)22-28)43-38-34-23-29(8-10-36(34)41-27-42-38)30-12-19-45(25-30)16-5-15-44-20-13-33(14-21-44)46-17-2-1-3-18-46/h4,6-12,19,22-25,27,33H,1-3,5,13-18,20-21,26H2,(H,41,42,43). The molecule has 2 aliphatic heterocycles. The fourth-order valence-corrected chi connectivity index (χ4v) is 7.21. The molecule has 2 fully saturated rings. The number of rotatable bonds is 11. The summed E-state index contributed by atoms with van der Waals surface area (Å²) in [7, 11) is 0. The van der Waals surface area contributed by atoms with E-state index in [0.717, 1.165) is 53.3 Å². The number of nitrogens with one attached hydrogen (secondary N) is 1. The number of ether oxygens (including phenoxy) is 1. The van der Waals surface area contributed by atoms with E-state index in [1.807, 2.05) is 18.2 Å². The van der Waals surface area contributed by atoms with Gasteiger partial charge in [-0.3, -0.25) is 0 Å². The van der Waals surface area contributed by atoms with Gasteiger partial charge in [0.15, 0.2) is 0 Å². The number of hydrogen-bond donors (Lipinski definition) is 1. The van der Waals surface area contributed by atoms with Crippen molar-refractivity contribution < 1.29 is 9.13 Å². The van der Waals surface area contributed by atoms with E-state index in [9.17, 15) is 4.39 Å². The van der Waals surface area contributed by atoms with Crippen LogP contribution in [0.3, 0.4) is 0 Å². The van der Waals surface area contributed by atoms with E-state index >= 15 is 0 Å². The summed E-state index contributed by atoms with van der Waals surface area (Å²) in [5, 5.41) is 4.78. The Morgan fingerprint density at radius 1 is 0.872 bits per heavy atom. The number of benzene rings is 3. The van der Waals surface area contributed by atoms with Crippen molar-refractivity contribution in [2.75, 3.05) is 38.0 Å². The van der Waals surface area contributed by atoms with Crippen LogP contribution in [0.2, 0.25) is 5.02 Å². The lowest BCUT2D eigenvalue weighted by molar-refractivity contribution is 0.0916. The van der Waals surface area contributed by atoms with E-state index in [0.29, 0.717) is 16.6 Å². The molecule has 7 nitrogen and oxygen atoms in total. The number of anilines is 2. The molecule has 0 spiro atoms. The second-order valence-electron chi connectivity index (χ2n) is 12.8. The van der Waals surface area contributed by atoms with Crippen LogP contribution in [0.4, 0.5) is 15.9 Å². The number of nitrogens with zero attached hydrogens (tertiary/aromatic N) is 5. The minimum absolute atomic E-state index is 0.225. The van der Waals surface area contributed by atoms with Crippen molar-refractivity contribution in [2.45, 2.75) is 57.7 Å². The Morgan fingerprint density at radius 3 is 2.57 bits per heavy atom. The highest BCUT2D eigenvalue weighted by Gasteiger charge is 2.25. The monoisotopic (exact) mass is 652 g/mol. The first kappa shape index (κ1) is 31.6. The van der Waals surface area contributed by atoms with Crippen molar-refractivity contribution in [3.8, 4) is 16.9 Å². The SMILES string of the molecule is Fc1cccc(COc2ccc(Nc3ncnc4ccc(-c5ccn(CCCN6CCC(N7CCCCC7)CC6)c5)cc34)cc2Cl)c1. The summed E-state index contributed by atoms with van der Waals surface area (Å²) in [6.45, 7) is 7.47. The summed E-state index contributed by atoms with van der Waals surface area (Å²) < 4.78 is 21.7. The van der Waals surface area contributed by atoms with Gasteiger partial charge in [0.2, 0.25) is 0 Å². The Hall–Kier alpha value is -3.98. The highest BCUT2D eigenvalue weighted by atomic mass is 35.5. The molecule has 0 bridgehead atoms. The van der Waals surface area contributed by atoms with Gasteiger partial charge in [-0.1, -0.05) is 36.2 Å². The first-order valence-electron chi connectivity index (χ1n) is 16.9. The van der Waals surface area contributed by atoms with Crippen LogP contribution in [0.15, 0.2) is 85.5 Å². The Labute approximate surface area is 281 Å². The molecule has 47 heavy (non-hydrogen) atoms. The predicted octanol–water partition coefficient (Wildman–Crippen LogP) is 8.55. The fraction of sp³-hybridized carbons (Fsp3) is 0.368. The molecular formula is C38H42ClFN6O. The molecule has 0 amide bonds. The minimum Gasteiger partial charge on any atom is -0.487 e. The number of aromatic nitrogens is 3. The van der Waals surface area contributed by atoms with Gasteiger partial charge >= 0.3 is 0 Å². The van der Waals surface area contributed by atoms with Crippen LogP contribution in [0, 0.1) is 5.82 Å². The molecule has 9 heteroatoms. The Morgan fingerprint density at radius 2 is 1.74 bits per heavy atom. The molecule has 2 aliphatic rings. The average molecular weight is 653 g/mol. The molecule has 244 valence electrons. The van der Waals surface area contributed by atoms with Crippen molar-refractivity contribution >= 4 is 34.0 Å². The van der Waals surface area contributed by atoms with E-state index in [-0.39, 0.29) is 12.4 Å². The zero-order chi connectivity index (χ0) is 32.0. The summed E-state index contributed by atoms with van der Waals surface area (Å²) in [4.78, 5) is 14.5. The predicted molar refractivity (Wildman–Crippen MR) is 188 cm³/mol. The number of aryl methyl sites for hydroxylation is 1. The molecular weight excluding hydrogens is 611 g/mol. The van der Waals surface area contributed by atoms with Gasteiger partial charge in [-0.25, -0.2) is 14.4 Å². The molecule has 0 unspecified atom stereocenters. The van der Waals surface area contributed by atoms with Gasteiger partial charge < -0.3 is 24.4 Å². The van der Waals surface area contributed by atoms with Gasteiger partial charge in [-0.05, 0) is 130 Å². The number of halogens is 2. The van der Waals surface area contributed by atoms with E-state index in [4.69, 9.17) is 16.3 Å². The Balaban J connectivity index is 0.954. The lowest BCUT2D eigenvalue weighted by Gasteiger charge is -2.40. The molecule has 4 heterocycles. The largest absolute Gasteiger partial charge is 0.487 e. The van der Waals surface area contributed by atoms with Crippen molar-refractivity contribution in [3.63, 3.8) is 0 Å². The highest BCUT2D eigenvalue weighted by molar-refractivity contribution is 6.32. The van der Waals surface area contributed by atoms with Crippen molar-refractivity contribution in [1.29, 1.82) is 0 Å². The first-order valence-corrected chi connectivity index (χ1v) is 17.3. The van der Waals surface area contributed by atoms with E-state index in [1.165, 1.54) is 76.0 Å². The molecule has 5 aromatic rings. The minimum atomic E-state index is -0.293. The molecule has 7 rings (SSSR count). The third-order valence-corrected chi connectivity index (χ3v) is 9.85. The second-order valence-corrected chi connectivity index (χ2v) is 13.2. The van der Waals surface area contributed by atoms with Crippen LogP contribution in [-0.2, 0) is 13.2 Å². The molecule has 0 saturated carbocycles. The maximum atomic E-state index is 13.5. The van der Waals surface area contributed by atoms with Gasteiger partial charge in [0.25, 0.3) is 0 Å². The lowest BCUT2D eigenvalue weighted by Crippen LogP contribution is -2.46. The average Bonchev–Trinajstić information content (AvgIpc) is 3.58. The molecule has 3 aromatic carbocycles. The number of fused-ring (bicyclic) bond motifs is 1. The van der Waals surface area contributed by atoms with Gasteiger partial charge in [0.05, 0.1) is 10.5 Å². The number of hydrogen-bond acceptors (Lipinski definition) is 6. The maximum absolute atomic E-state index is 13.5. The summed E-state index contributed by atoms with van der Waals surface area (Å²) >= 11 is 6.56. The Bertz CT molecular complexity index is 1800. The zero-order valence-electron chi connectivity index (χ0n) is 26.8. The third kappa shape index (κ3) is 7.95. The summed E-state index contributed by atoms with van der Waals surface area (Å²) in [6.07, 6.45) is 14.0. The van der Waals surface area contributed by atoms with Crippen LogP contribution in [0.25, 0.3) is 22.0 Å². The van der Waals surface area contributed by atoms with Crippen molar-refractivity contribution in [1.82, 2.24) is 24.3 Å². The summed E-state index contributed by atoms with van der Waals surface area (Å²) in [5.74, 6) is 0.932. The van der Waals surface area contributed by atoms with Crippen molar-refractivity contribution in [3.05, 3.63) is 102 Å². The van der Waals surface area contributed by atoms with Gasteiger partial charge in [0, 0.05) is 36.1 Å². The van der Waals surface area contributed by atoms with Crippen LogP contribution >= 0.6 is 11.6 Å². The quantitative estimate of drug-likeness (QED) is 0.154. The highest BCUT2D eigenvalue weighted by Crippen LogP contribution is 2.32. The molecule has 2 saturated heterocycles. The first-order chi connectivity index (χ1) is 23.1. The van der Waals surface area contributed by atoms with Gasteiger partial charge in [0.1, 0.15) is 30.3 Å². The topological polar surface area (TPSA) is 58.5 Å². The van der Waals surface area contributed by atoms with Crippen LogP contribution in [0.1, 0.15) is 44.1 Å². The Kier molecular flexibility index (Phi) is 9.98. The second kappa shape index (κ2) is 14.8. The van der Waals surface area contributed by atoms with E-state index < -0.39 is 0 Å². The molecule has 2 aromatic heterocycles. The van der Waals surface area contributed by atoms with E-state index in [1.54, 1.807) is 24.5 Å². The summed E-state index contributed by atoms with van der Waals surface area (Å²) in [6, 6.07) is 21.1. The summed E-state index contributed by atoms with van der Waals surface area (Å²) in [5.41, 5.74) is 4.66. The number of likely N-dealkylation sites (tertiary alicyclic amines) is 2. The molecule has 0 atom stereocenters. The molecule has 0 radical (unpaired) electrons. The third-order valence-electron chi connectivity index (χ3n) is 9.55. The fourth-order valence-electron chi connectivity index (χ4n) is 6.98. The van der Waals surface area contributed by atoms with Gasteiger partial charge in [-0.15, -0.1) is 0 Å². The smallest absolute Gasteiger partial charge is 0.141 e. The van der Waals surface area contributed by atoms with Crippen molar-refractivity contribution in [2.24, 2.45) is 0 Å². The van der Waals surface area contributed by atoms with Crippen LogP contribution in [-0.4, -0.2) is 63.1 Å². The van der Waals surface area contributed by atoms with E-state index in [2.05, 4.69) is 60.2 Å². The van der Waals surface area contributed by atoms with Crippen LogP contribution in [0.5, 0.6) is 5.75 Å². The number of piperidine rings is 2. The normalized spacial score (nSPS) is 16.5. The molecule has 0 aliphatic carbocycles. The maximum Gasteiger partial charge on any atom is 0.141 e. The lowest BCUT2D eigenvalue weighted by atomic mass is 10.00. The van der Waals surface area contributed by atoms with Gasteiger partial charge in [-0.2, -0.15) is 0 Å².